The average molecular weight is 270 g/mol. The van der Waals surface area contributed by atoms with Gasteiger partial charge in [0.05, 0.1) is 6.61 Å². The molecule has 0 N–H and O–H groups in total. The number of piperazine rings is 1. The normalized spacial score (nSPS) is 20.4. The summed E-state index contributed by atoms with van der Waals surface area (Å²) in [5.74, 6) is -0.0526. The van der Waals surface area contributed by atoms with Crippen molar-refractivity contribution in [2.45, 2.75) is 52.0 Å². The van der Waals surface area contributed by atoms with Gasteiger partial charge in [-0.3, -0.25) is 9.69 Å². The van der Waals surface area contributed by atoms with Crippen LogP contribution in [0.4, 0.5) is 0 Å². The van der Waals surface area contributed by atoms with Crippen molar-refractivity contribution in [3.05, 3.63) is 0 Å². The maximum Gasteiger partial charge on any atom is 0.305 e. The number of carbonyl (C=O) groups excluding carboxylic acids is 1. The van der Waals surface area contributed by atoms with Crippen LogP contribution in [0.1, 0.15) is 46.5 Å². The highest BCUT2D eigenvalue weighted by atomic mass is 16.5. The molecule has 0 saturated carbocycles. The SMILES string of the molecule is CCOC(=O)CCCCCN1CCN(C)C(C)(C)C1. The van der Waals surface area contributed by atoms with Gasteiger partial charge < -0.3 is 9.64 Å². The van der Waals surface area contributed by atoms with Gasteiger partial charge in [-0.05, 0) is 47.2 Å². The molecule has 1 aliphatic rings. The standard InChI is InChI=1S/C15H30N2O2/c1-5-19-14(18)9-7-6-8-10-17-12-11-16(4)15(2,3)13-17/h5-13H2,1-4H3. The fourth-order valence-electron chi connectivity index (χ4n) is 2.55. The van der Waals surface area contributed by atoms with Gasteiger partial charge in [0.15, 0.2) is 0 Å². The molecule has 0 radical (unpaired) electrons. The molecule has 1 aliphatic heterocycles. The Hall–Kier alpha value is -0.610. The quantitative estimate of drug-likeness (QED) is 0.524. The van der Waals surface area contributed by atoms with Gasteiger partial charge in [0, 0.05) is 31.6 Å². The summed E-state index contributed by atoms with van der Waals surface area (Å²) in [5.41, 5.74) is 0.281. The van der Waals surface area contributed by atoms with E-state index >= 15 is 0 Å². The number of nitrogens with zero attached hydrogens (tertiary/aromatic N) is 2. The molecule has 0 aromatic rings. The van der Waals surface area contributed by atoms with Crippen molar-refractivity contribution in [2.24, 2.45) is 0 Å². The minimum atomic E-state index is -0.0526. The Kier molecular flexibility index (Phi) is 6.80. The van der Waals surface area contributed by atoms with Crippen LogP contribution in [0.25, 0.3) is 0 Å². The lowest BCUT2D eigenvalue weighted by Gasteiger charge is -2.45. The second-order valence-electron chi connectivity index (χ2n) is 6.13. The number of ether oxygens (including phenoxy) is 1. The van der Waals surface area contributed by atoms with Crippen LogP contribution < -0.4 is 0 Å². The van der Waals surface area contributed by atoms with E-state index in [1.165, 1.54) is 6.42 Å². The van der Waals surface area contributed by atoms with Gasteiger partial charge in [-0.25, -0.2) is 0 Å². The molecule has 19 heavy (non-hydrogen) atoms. The van der Waals surface area contributed by atoms with Gasteiger partial charge in [-0.15, -0.1) is 0 Å². The van der Waals surface area contributed by atoms with Crippen LogP contribution >= 0.6 is 0 Å². The number of likely N-dealkylation sites (N-methyl/N-ethyl adjacent to an activating group) is 1. The van der Waals surface area contributed by atoms with E-state index in [-0.39, 0.29) is 11.5 Å². The number of hydrogen-bond donors (Lipinski definition) is 0. The number of carbonyl (C=O) groups is 1. The lowest BCUT2D eigenvalue weighted by atomic mass is 9.99. The summed E-state index contributed by atoms with van der Waals surface area (Å²) in [7, 11) is 2.21. The van der Waals surface area contributed by atoms with E-state index in [1.54, 1.807) is 0 Å². The summed E-state index contributed by atoms with van der Waals surface area (Å²) in [6.07, 6.45) is 3.82. The summed E-state index contributed by atoms with van der Waals surface area (Å²) < 4.78 is 4.92. The number of hydrogen-bond acceptors (Lipinski definition) is 4. The first-order valence-corrected chi connectivity index (χ1v) is 7.55. The predicted molar refractivity (Wildman–Crippen MR) is 78.3 cm³/mol. The molecule has 0 aromatic carbocycles. The summed E-state index contributed by atoms with van der Waals surface area (Å²) in [4.78, 5) is 16.2. The molecule has 0 aromatic heterocycles. The van der Waals surface area contributed by atoms with Crippen LogP contribution in [-0.2, 0) is 9.53 Å². The van der Waals surface area contributed by atoms with Crippen LogP contribution in [-0.4, -0.2) is 61.1 Å². The summed E-state index contributed by atoms with van der Waals surface area (Å²) >= 11 is 0. The van der Waals surface area contributed by atoms with E-state index in [1.807, 2.05) is 6.92 Å². The minimum Gasteiger partial charge on any atom is -0.466 e. The number of unbranched alkanes of at least 4 members (excludes halogenated alkanes) is 2. The maximum atomic E-state index is 11.2. The van der Waals surface area contributed by atoms with Crippen molar-refractivity contribution in [3.8, 4) is 0 Å². The van der Waals surface area contributed by atoms with Crippen LogP contribution in [0.15, 0.2) is 0 Å². The van der Waals surface area contributed by atoms with Gasteiger partial charge in [0.1, 0.15) is 0 Å². The maximum absolute atomic E-state index is 11.2. The third-order valence-corrected chi connectivity index (χ3v) is 4.06. The van der Waals surface area contributed by atoms with Crippen molar-refractivity contribution in [2.75, 3.05) is 39.8 Å². The monoisotopic (exact) mass is 270 g/mol. The second-order valence-corrected chi connectivity index (χ2v) is 6.13. The average Bonchev–Trinajstić information content (AvgIpc) is 2.33. The Labute approximate surface area is 118 Å². The van der Waals surface area contributed by atoms with E-state index in [4.69, 9.17) is 4.74 Å². The zero-order valence-corrected chi connectivity index (χ0v) is 13.1. The molecule has 4 heteroatoms. The molecule has 1 saturated heterocycles. The van der Waals surface area contributed by atoms with Gasteiger partial charge in [-0.2, -0.15) is 0 Å². The molecule has 0 atom stereocenters. The van der Waals surface area contributed by atoms with Gasteiger partial charge >= 0.3 is 5.97 Å². The van der Waals surface area contributed by atoms with Crippen LogP contribution in [0, 0.1) is 0 Å². The molecule has 0 aliphatic carbocycles. The lowest BCUT2D eigenvalue weighted by Crippen LogP contribution is -2.57. The topological polar surface area (TPSA) is 32.8 Å². The zero-order chi connectivity index (χ0) is 14.3. The van der Waals surface area contributed by atoms with Crippen molar-refractivity contribution in [3.63, 3.8) is 0 Å². The second kappa shape index (κ2) is 7.85. The fraction of sp³-hybridized carbons (Fsp3) is 0.933. The molecule has 1 rings (SSSR count). The van der Waals surface area contributed by atoms with E-state index in [9.17, 15) is 4.79 Å². The molecule has 1 fully saturated rings. The first-order valence-electron chi connectivity index (χ1n) is 7.55. The zero-order valence-electron chi connectivity index (χ0n) is 13.1. The third kappa shape index (κ3) is 5.91. The predicted octanol–water partition coefficient (Wildman–Crippen LogP) is 2.14. The lowest BCUT2D eigenvalue weighted by molar-refractivity contribution is -0.143. The largest absolute Gasteiger partial charge is 0.466 e. The molecule has 0 unspecified atom stereocenters. The van der Waals surface area contributed by atoms with Gasteiger partial charge in [0.25, 0.3) is 0 Å². The third-order valence-electron chi connectivity index (χ3n) is 4.06. The number of esters is 1. The Morgan fingerprint density at radius 3 is 2.58 bits per heavy atom. The molecule has 4 nitrogen and oxygen atoms in total. The van der Waals surface area contributed by atoms with E-state index in [2.05, 4.69) is 30.7 Å². The Balaban J connectivity index is 2.09. The summed E-state index contributed by atoms with van der Waals surface area (Å²) in [6, 6.07) is 0. The van der Waals surface area contributed by atoms with Crippen molar-refractivity contribution >= 4 is 5.97 Å². The van der Waals surface area contributed by atoms with Crippen molar-refractivity contribution < 1.29 is 9.53 Å². The molecule has 0 bridgehead atoms. The van der Waals surface area contributed by atoms with Crippen LogP contribution in [0.5, 0.6) is 0 Å². The van der Waals surface area contributed by atoms with E-state index in [0.717, 1.165) is 39.0 Å². The van der Waals surface area contributed by atoms with Crippen LogP contribution in [0.2, 0.25) is 0 Å². The fourth-order valence-corrected chi connectivity index (χ4v) is 2.55. The summed E-state index contributed by atoms with van der Waals surface area (Å²) in [6.45, 7) is 11.6. The van der Waals surface area contributed by atoms with Gasteiger partial charge in [0.2, 0.25) is 0 Å². The smallest absolute Gasteiger partial charge is 0.305 e. The highest BCUT2D eigenvalue weighted by Gasteiger charge is 2.30. The van der Waals surface area contributed by atoms with Crippen molar-refractivity contribution in [1.82, 2.24) is 9.80 Å². The van der Waals surface area contributed by atoms with Crippen LogP contribution in [0.3, 0.4) is 0 Å². The highest BCUT2D eigenvalue weighted by Crippen LogP contribution is 2.19. The summed E-state index contributed by atoms with van der Waals surface area (Å²) in [5, 5.41) is 0. The Morgan fingerprint density at radius 2 is 1.95 bits per heavy atom. The first kappa shape index (κ1) is 16.4. The van der Waals surface area contributed by atoms with Crippen molar-refractivity contribution in [1.29, 1.82) is 0 Å². The minimum absolute atomic E-state index is 0.0526. The number of rotatable bonds is 7. The Morgan fingerprint density at radius 1 is 1.21 bits per heavy atom. The van der Waals surface area contributed by atoms with E-state index < -0.39 is 0 Å². The molecule has 0 amide bonds. The Bertz CT molecular complexity index is 279. The molecule has 1 heterocycles. The highest BCUT2D eigenvalue weighted by molar-refractivity contribution is 5.69. The molecule has 112 valence electrons. The molecule has 0 spiro atoms. The van der Waals surface area contributed by atoms with Gasteiger partial charge in [-0.1, -0.05) is 6.42 Å². The molecular formula is C15H30N2O2. The first-order chi connectivity index (χ1) is 8.95. The molecular weight excluding hydrogens is 240 g/mol. The van der Waals surface area contributed by atoms with E-state index in [0.29, 0.717) is 13.0 Å².